The zero-order valence-corrected chi connectivity index (χ0v) is 9.65. The maximum absolute atomic E-state index is 13.0. The minimum atomic E-state index is -0.793. The van der Waals surface area contributed by atoms with Gasteiger partial charge >= 0.3 is 5.97 Å². The maximum atomic E-state index is 13.0. The molecule has 2 rings (SSSR count). The van der Waals surface area contributed by atoms with Crippen molar-refractivity contribution in [3.05, 3.63) is 29.6 Å². The summed E-state index contributed by atoms with van der Waals surface area (Å²) in [6.07, 6.45) is 1.51. The van der Waals surface area contributed by atoms with Crippen molar-refractivity contribution in [2.45, 2.75) is 32.3 Å². The highest BCUT2D eigenvalue weighted by molar-refractivity contribution is 5.69. The van der Waals surface area contributed by atoms with E-state index in [2.05, 4.69) is 0 Å². The largest absolute Gasteiger partial charge is 0.490 e. The molecule has 1 N–H and O–H groups in total. The fourth-order valence-electron chi connectivity index (χ4n) is 2.18. The third-order valence-electron chi connectivity index (χ3n) is 3.15. The van der Waals surface area contributed by atoms with E-state index >= 15 is 0 Å². The summed E-state index contributed by atoms with van der Waals surface area (Å²) in [7, 11) is 0. The minimum absolute atomic E-state index is 0.146. The number of carbonyl (C=O) groups is 1. The smallest absolute Gasteiger partial charge is 0.306 e. The first-order valence-corrected chi connectivity index (χ1v) is 5.78. The molecular formula is C13H15FO3. The number of hydrogen-bond acceptors (Lipinski definition) is 2. The molecule has 0 saturated heterocycles. The number of aliphatic carboxylic acids is 1. The number of ether oxygens (including phenoxy) is 1. The molecule has 2 unspecified atom stereocenters. The van der Waals surface area contributed by atoms with E-state index in [0.29, 0.717) is 25.0 Å². The van der Waals surface area contributed by atoms with Crippen LogP contribution < -0.4 is 4.74 Å². The molecule has 1 aromatic carbocycles. The van der Waals surface area contributed by atoms with Crippen LogP contribution in [0.3, 0.4) is 0 Å². The van der Waals surface area contributed by atoms with E-state index in [9.17, 15) is 9.18 Å². The van der Waals surface area contributed by atoms with E-state index in [4.69, 9.17) is 9.84 Å². The number of rotatable bonds is 4. The minimum Gasteiger partial charge on any atom is -0.490 e. The lowest BCUT2D eigenvalue weighted by Crippen LogP contribution is -2.23. The number of carboxylic acids is 1. The monoisotopic (exact) mass is 238 g/mol. The highest BCUT2D eigenvalue weighted by Crippen LogP contribution is 2.32. The SMILES string of the molecule is CCC(CC1Cc2cc(F)ccc2O1)C(=O)O. The van der Waals surface area contributed by atoms with Crippen molar-refractivity contribution >= 4 is 5.97 Å². The Morgan fingerprint density at radius 3 is 3.06 bits per heavy atom. The predicted molar refractivity (Wildman–Crippen MR) is 60.6 cm³/mol. The molecule has 0 saturated carbocycles. The summed E-state index contributed by atoms with van der Waals surface area (Å²) in [6.45, 7) is 1.85. The van der Waals surface area contributed by atoms with Gasteiger partial charge < -0.3 is 9.84 Å². The molecule has 4 heteroatoms. The summed E-state index contributed by atoms with van der Waals surface area (Å²) in [4.78, 5) is 10.9. The van der Waals surface area contributed by atoms with Crippen LogP contribution in [0.5, 0.6) is 5.75 Å². The first kappa shape index (κ1) is 11.9. The van der Waals surface area contributed by atoms with E-state index < -0.39 is 5.97 Å². The van der Waals surface area contributed by atoms with Crippen LogP contribution in [-0.4, -0.2) is 17.2 Å². The average molecular weight is 238 g/mol. The van der Waals surface area contributed by atoms with Crippen LogP contribution in [0.1, 0.15) is 25.3 Å². The molecule has 0 aromatic heterocycles. The molecule has 0 bridgehead atoms. The van der Waals surface area contributed by atoms with Gasteiger partial charge in [0.05, 0.1) is 5.92 Å². The van der Waals surface area contributed by atoms with Crippen molar-refractivity contribution in [1.82, 2.24) is 0 Å². The van der Waals surface area contributed by atoms with E-state index in [1.807, 2.05) is 6.92 Å². The lowest BCUT2D eigenvalue weighted by atomic mass is 9.96. The topological polar surface area (TPSA) is 46.5 Å². The Balaban J connectivity index is 2.02. The fourth-order valence-corrected chi connectivity index (χ4v) is 2.18. The van der Waals surface area contributed by atoms with Crippen LogP contribution in [-0.2, 0) is 11.2 Å². The second kappa shape index (κ2) is 4.73. The Morgan fingerprint density at radius 2 is 2.41 bits per heavy atom. The third-order valence-corrected chi connectivity index (χ3v) is 3.15. The predicted octanol–water partition coefficient (Wildman–Crippen LogP) is 2.63. The van der Waals surface area contributed by atoms with Crippen LogP contribution >= 0.6 is 0 Å². The molecule has 0 aliphatic carbocycles. The summed E-state index contributed by atoms with van der Waals surface area (Å²) in [5.41, 5.74) is 0.829. The molecule has 1 aliphatic rings. The average Bonchev–Trinajstić information content (AvgIpc) is 2.66. The number of halogens is 1. The van der Waals surface area contributed by atoms with Crippen LogP contribution in [0, 0.1) is 11.7 Å². The van der Waals surface area contributed by atoms with Gasteiger partial charge in [0.2, 0.25) is 0 Å². The second-order valence-electron chi connectivity index (χ2n) is 4.38. The first-order chi connectivity index (χ1) is 8.10. The van der Waals surface area contributed by atoms with Gasteiger partial charge in [-0.15, -0.1) is 0 Å². The Labute approximate surface area is 99.2 Å². The first-order valence-electron chi connectivity index (χ1n) is 5.78. The molecule has 1 aromatic rings. The highest BCUT2D eigenvalue weighted by Gasteiger charge is 2.28. The zero-order chi connectivity index (χ0) is 12.4. The van der Waals surface area contributed by atoms with E-state index in [1.54, 1.807) is 6.07 Å². The number of fused-ring (bicyclic) bond motifs is 1. The van der Waals surface area contributed by atoms with Gasteiger partial charge in [-0.2, -0.15) is 0 Å². The highest BCUT2D eigenvalue weighted by atomic mass is 19.1. The van der Waals surface area contributed by atoms with Crippen LogP contribution in [0.25, 0.3) is 0 Å². The summed E-state index contributed by atoms with van der Waals surface area (Å²) >= 11 is 0. The van der Waals surface area contributed by atoms with Gasteiger partial charge in [-0.25, -0.2) is 4.39 Å². The number of hydrogen-bond donors (Lipinski definition) is 1. The van der Waals surface area contributed by atoms with Crippen LogP contribution in [0.4, 0.5) is 4.39 Å². The van der Waals surface area contributed by atoms with Crippen molar-refractivity contribution in [3.8, 4) is 5.75 Å². The van der Waals surface area contributed by atoms with Gasteiger partial charge in [0.1, 0.15) is 17.7 Å². The molecule has 1 heterocycles. The molecule has 0 spiro atoms. The zero-order valence-electron chi connectivity index (χ0n) is 9.65. The normalized spacial score (nSPS) is 19.5. The second-order valence-corrected chi connectivity index (χ2v) is 4.38. The molecule has 0 amide bonds. The fraction of sp³-hybridized carbons (Fsp3) is 0.462. The maximum Gasteiger partial charge on any atom is 0.306 e. The van der Waals surface area contributed by atoms with Gasteiger partial charge in [-0.05, 0) is 31.0 Å². The quantitative estimate of drug-likeness (QED) is 0.877. The molecular weight excluding hydrogens is 223 g/mol. The van der Waals surface area contributed by atoms with E-state index in [1.165, 1.54) is 12.1 Å². The summed E-state index contributed by atoms with van der Waals surface area (Å²) < 4.78 is 18.6. The molecule has 1 aliphatic heterocycles. The van der Waals surface area contributed by atoms with Crippen molar-refractivity contribution in [1.29, 1.82) is 0 Å². The van der Waals surface area contributed by atoms with Crippen molar-refractivity contribution in [3.63, 3.8) is 0 Å². The Bertz CT molecular complexity index is 431. The molecule has 0 radical (unpaired) electrons. The lowest BCUT2D eigenvalue weighted by Gasteiger charge is -2.15. The Hall–Kier alpha value is -1.58. The third kappa shape index (κ3) is 2.57. The van der Waals surface area contributed by atoms with Crippen molar-refractivity contribution in [2.75, 3.05) is 0 Å². The van der Waals surface area contributed by atoms with Gasteiger partial charge in [0.15, 0.2) is 0 Å². The number of carboxylic acid groups (broad SMARTS) is 1. The van der Waals surface area contributed by atoms with Gasteiger partial charge in [0, 0.05) is 12.0 Å². The van der Waals surface area contributed by atoms with Crippen molar-refractivity contribution < 1.29 is 19.0 Å². The molecule has 0 fully saturated rings. The summed E-state index contributed by atoms with van der Waals surface area (Å²) in [6, 6.07) is 4.42. The molecule has 17 heavy (non-hydrogen) atoms. The van der Waals surface area contributed by atoms with Crippen LogP contribution in [0.15, 0.2) is 18.2 Å². The van der Waals surface area contributed by atoms with Gasteiger partial charge in [-0.3, -0.25) is 4.79 Å². The van der Waals surface area contributed by atoms with E-state index in [-0.39, 0.29) is 17.8 Å². The van der Waals surface area contributed by atoms with Crippen molar-refractivity contribution in [2.24, 2.45) is 5.92 Å². The number of benzene rings is 1. The molecule has 3 nitrogen and oxygen atoms in total. The molecule has 2 atom stereocenters. The van der Waals surface area contributed by atoms with Gasteiger partial charge in [-0.1, -0.05) is 6.92 Å². The molecule has 92 valence electrons. The van der Waals surface area contributed by atoms with Crippen LogP contribution in [0.2, 0.25) is 0 Å². The van der Waals surface area contributed by atoms with Gasteiger partial charge in [0.25, 0.3) is 0 Å². The summed E-state index contributed by atoms with van der Waals surface area (Å²) in [5, 5.41) is 8.98. The van der Waals surface area contributed by atoms with E-state index in [0.717, 1.165) is 5.56 Å². The standard InChI is InChI=1S/C13H15FO3/c1-2-8(13(15)16)6-11-7-9-5-10(14)3-4-12(9)17-11/h3-5,8,11H,2,6-7H2,1H3,(H,15,16). The lowest BCUT2D eigenvalue weighted by molar-refractivity contribution is -0.142. The Kier molecular flexibility index (Phi) is 3.31. The Morgan fingerprint density at radius 1 is 1.65 bits per heavy atom. The summed E-state index contributed by atoms with van der Waals surface area (Å²) in [5.74, 6) is -0.785.